The fourth-order valence-corrected chi connectivity index (χ4v) is 7.26. The van der Waals surface area contributed by atoms with E-state index in [4.69, 9.17) is 0 Å². The third-order valence-electron chi connectivity index (χ3n) is 8.93. The summed E-state index contributed by atoms with van der Waals surface area (Å²) in [4.78, 5) is 24.4. The van der Waals surface area contributed by atoms with Gasteiger partial charge in [0.15, 0.2) is 11.6 Å². The van der Waals surface area contributed by atoms with E-state index in [-0.39, 0.29) is 34.9 Å². The van der Waals surface area contributed by atoms with E-state index in [9.17, 15) is 24.9 Å². The molecule has 0 aromatic rings. The highest BCUT2D eigenvalue weighted by atomic mass is 16.3. The first-order valence-electron chi connectivity index (χ1n) is 10.1. The molecule has 4 aliphatic carbocycles. The highest BCUT2D eigenvalue weighted by Gasteiger charge is 2.70. The molecule has 3 fully saturated rings. The number of carbonyl (C=O) groups is 2. The van der Waals surface area contributed by atoms with E-state index >= 15 is 0 Å². The summed E-state index contributed by atoms with van der Waals surface area (Å²) < 4.78 is 0. The van der Waals surface area contributed by atoms with Crippen LogP contribution in [0, 0.1) is 34.5 Å². The number of fused-ring (bicyclic) bond motifs is 5. The summed E-state index contributed by atoms with van der Waals surface area (Å²) in [5, 5.41) is 32.2. The van der Waals surface area contributed by atoms with Crippen molar-refractivity contribution < 1.29 is 24.9 Å². The summed E-state index contributed by atoms with van der Waals surface area (Å²) in [6.07, 6.45) is 7.29. The lowest BCUT2D eigenvalue weighted by molar-refractivity contribution is -0.202. The summed E-state index contributed by atoms with van der Waals surface area (Å²) in [6.45, 7) is 5.28. The van der Waals surface area contributed by atoms with Crippen molar-refractivity contribution in [2.24, 2.45) is 34.5 Å². The average Bonchev–Trinajstić information content (AvgIpc) is 2.92. The number of ketones is 2. The summed E-state index contributed by atoms with van der Waals surface area (Å²) in [5.74, 6) is -0.591. The smallest absolute Gasteiger partial charge is 0.190 e. The molecule has 0 aliphatic heterocycles. The lowest BCUT2D eigenvalue weighted by Gasteiger charge is -2.62. The minimum atomic E-state index is -1.59. The van der Waals surface area contributed by atoms with Crippen LogP contribution in [-0.2, 0) is 9.59 Å². The van der Waals surface area contributed by atoms with Gasteiger partial charge in [0.2, 0.25) is 0 Å². The molecule has 0 spiro atoms. The Morgan fingerprint density at radius 3 is 2.67 bits per heavy atom. The van der Waals surface area contributed by atoms with Crippen molar-refractivity contribution in [3.63, 3.8) is 0 Å². The van der Waals surface area contributed by atoms with Gasteiger partial charge >= 0.3 is 0 Å². The summed E-state index contributed by atoms with van der Waals surface area (Å²) in [5.41, 5.74) is -1.63. The first kappa shape index (κ1) is 19.0. The zero-order valence-electron chi connectivity index (χ0n) is 16.3. The number of aliphatic hydroxyl groups excluding tert-OH is 2. The van der Waals surface area contributed by atoms with Crippen molar-refractivity contribution in [2.45, 2.75) is 58.2 Å². The van der Waals surface area contributed by atoms with Crippen LogP contribution in [0.2, 0.25) is 0 Å². The van der Waals surface area contributed by atoms with E-state index in [1.807, 2.05) is 19.9 Å². The van der Waals surface area contributed by atoms with Crippen LogP contribution in [0.15, 0.2) is 23.8 Å². The van der Waals surface area contributed by atoms with Gasteiger partial charge in [0, 0.05) is 16.7 Å². The number of aliphatic hydroxyl groups is 3. The largest absolute Gasteiger partial charge is 0.392 e. The molecular weight excluding hydrogens is 344 g/mol. The molecule has 0 aromatic heterocycles. The van der Waals surface area contributed by atoms with Gasteiger partial charge in [-0.1, -0.05) is 32.4 Å². The molecule has 5 heteroatoms. The Morgan fingerprint density at radius 2 is 2.00 bits per heavy atom. The van der Waals surface area contributed by atoms with Gasteiger partial charge in [-0.2, -0.15) is 0 Å². The van der Waals surface area contributed by atoms with Gasteiger partial charge in [0.05, 0.1) is 6.10 Å². The summed E-state index contributed by atoms with van der Waals surface area (Å²) in [6, 6.07) is 0. The Labute approximate surface area is 160 Å². The van der Waals surface area contributed by atoms with Crippen LogP contribution in [0.4, 0.5) is 0 Å². The maximum Gasteiger partial charge on any atom is 0.190 e. The predicted molar refractivity (Wildman–Crippen MR) is 99.6 cm³/mol. The van der Waals surface area contributed by atoms with Crippen LogP contribution in [-0.4, -0.2) is 45.2 Å². The zero-order valence-corrected chi connectivity index (χ0v) is 16.3. The molecule has 148 valence electrons. The molecule has 0 bridgehead atoms. The van der Waals surface area contributed by atoms with E-state index in [1.165, 1.54) is 0 Å². The quantitative estimate of drug-likeness (QED) is 0.685. The Morgan fingerprint density at radius 1 is 1.30 bits per heavy atom. The number of hydrogen-bond acceptors (Lipinski definition) is 5. The molecule has 0 heterocycles. The normalized spacial score (nSPS) is 51.3. The molecule has 27 heavy (non-hydrogen) atoms. The van der Waals surface area contributed by atoms with Gasteiger partial charge in [0.25, 0.3) is 0 Å². The van der Waals surface area contributed by atoms with Crippen molar-refractivity contribution in [1.29, 1.82) is 0 Å². The maximum atomic E-state index is 12.5. The van der Waals surface area contributed by atoms with Gasteiger partial charge in [0.1, 0.15) is 12.2 Å². The molecule has 0 aromatic carbocycles. The second-order valence-corrected chi connectivity index (χ2v) is 9.56. The number of carbonyl (C=O) groups excluding carboxylic acids is 2. The molecule has 5 nitrogen and oxygen atoms in total. The highest BCUT2D eigenvalue weighted by molar-refractivity contribution is 6.01. The standard InChI is InChI=1S/C22H30O5/c1-12-19(26)18-15(5-4-13-10-14(24)6-8-20(13,18)2)16-7-9-22(27,17(25)11-23)21(12,16)3/h6,8,10,12,15-16,18-19,23,26-27H,4-5,7,9,11H2,1-3H3/t12?,15-,16-,18+,19?,20-,21-,22-/m0/s1. The highest BCUT2D eigenvalue weighted by Crippen LogP contribution is 2.68. The van der Waals surface area contributed by atoms with E-state index in [2.05, 4.69) is 6.92 Å². The van der Waals surface area contributed by atoms with Crippen LogP contribution in [0.1, 0.15) is 46.5 Å². The monoisotopic (exact) mass is 374 g/mol. The first-order valence-corrected chi connectivity index (χ1v) is 10.1. The summed E-state index contributed by atoms with van der Waals surface area (Å²) >= 11 is 0. The second kappa shape index (κ2) is 5.85. The van der Waals surface area contributed by atoms with Crippen LogP contribution >= 0.6 is 0 Å². The van der Waals surface area contributed by atoms with Gasteiger partial charge in [-0.25, -0.2) is 0 Å². The minimum absolute atomic E-state index is 0.00731. The molecule has 3 N–H and O–H groups in total. The van der Waals surface area contributed by atoms with E-state index in [1.54, 1.807) is 12.2 Å². The van der Waals surface area contributed by atoms with Crippen LogP contribution in [0.25, 0.3) is 0 Å². The lowest BCUT2D eigenvalue weighted by atomic mass is 9.43. The number of allylic oxidation sites excluding steroid dienone is 4. The molecule has 4 rings (SSSR count). The molecular formula is C22H30O5. The van der Waals surface area contributed by atoms with E-state index in [0.717, 1.165) is 24.8 Å². The van der Waals surface area contributed by atoms with Crippen LogP contribution < -0.4 is 0 Å². The van der Waals surface area contributed by atoms with E-state index < -0.39 is 29.5 Å². The molecule has 8 atom stereocenters. The van der Waals surface area contributed by atoms with Crippen molar-refractivity contribution >= 4 is 11.6 Å². The van der Waals surface area contributed by atoms with Gasteiger partial charge in [-0.3, -0.25) is 9.59 Å². The van der Waals surface area contributed by atoms with Crippen molar-refractivity contribution in [2.75, 3.05) is 6.61 Å². The first-order chi connectivity index (χ1) is 12.6. The second-order valence-electron chi connectivity index (χ2n) is 9.56. The van der Waals surface area contributed by atoms with Crippen molar-refractivity contribution in [3.8, 4) is 0 Å². The van der Waals surface area contributed by atoms with Gasteiger partial charge in [-0.05, 0) is 55.6 Å². The predicted octanol–water partition coefficient (Wildman–Crippen LogP) is 1.80. The fraction of sp³-hybridized carbons (Fsp3) is 0.727. The van der Waals surface area contributed by atoms with Gasteiger partial charge < -0.3 is 15.3 Å². The summed E-state index contributed by atoms with van der Waals surface area (Å²) in [7, 11) is 0. The van der Waals surface area contributed by atoms with Gasteiger partial charge in [-0.15, -0.1) is 0 Å². The SMILES string of the molecule is CC1C(O)[C@H]2[C@@H](CCC3=CC(=O)C=C[C@@]32C)[C@@H]2CC[C@](O)(C(=O)CO)[C@@]12C. The minimum Gasteiger partial charge on any atom is -0.392 e. The Kier molecular flexibility index (Phi) is 4.12. The molecule has 4 aliphatic rings. The lowest BCUT2D eigenvalue weighted by Crippen LogP contribution is -2.65. The maximum absolute atomic E-state index is 12.5. The Hall–Kier alpha value is -1.30. The van der Waals surface area contributed by atoms with Crippen molar-refractivity contribution in [1.82, 2.24) is 0 Å². The number of Topliss-reactive ketones (excluding diaryl/α,β-unsaturated/α-hetero) is 1. The third-order valence-corrected chi connectivity index (χ3v) is 8.93. The van der Waals surface area contributed by atoms with Crippen LogP contribution in [0.3, 0.4) is 0 Å². The molecule has 0 saturated heterocycles. The Balaban J connectivity index is 1.80. The van der Waals surface area contributed by atoms with E-state index in [0.29, 0.717) is 6.42 Å². The molecule has 0 radical (unpaired) electrons. The zero-order chi connectivity index (χ0) is 19.8. The Bertz CT molecular complexity index is 754. The third kappa shape index (κ3) is 2.16. The molecule has 2 unspecified atom stereocenters. The molecule has 3 saturated carbocycles. The average molecular weight is 374 g/mol. The van der Waals surface area contributed by atoms with Crippen LogP contribution in [0.5, 0.6) is 0 Å². The number of hydrogen-bond donors (Lipinski definition) is 3. The van der Waals surface area contributed by atoms with Crippen molar-refractivity contribution in [3.05, 3.63) is 23.8 Å². The molecule has 0 amide bonds. The number of rotatable bonds is 2. The topological polar surface area (TPSA) is 94.8 Å². The fourth-order valence-electron chi connectivity index (χ4n) is 7.26.